The van der Waals surface area contributed by atoms with Gasteiger partial charge < -0.3 is 19.6 Å². The van der Waals surface area contributed by atoms with Gasteiger partial charge in [0.05, 0.1) is 34.3 Å². The summed E-state index contributed by atoms with van der Waals surface area (Å²) in [4.78, 5) is 10.6. The van der Waals surface area contributed by atoms with Crippen LogP contribution in [0.1, 0.15) is 46.5 Å². The molecule has 1 fully saturated rings. The van der Waals surface area contributed by atoms with Crippen molar-refractivity contribution in [2.75, 3.05) is 19.8 Å². The first kappa shape index (κ1) is 30.7. The smallest absolute Gasteiger partial charge is 0.150 e. The number of hydrogen-bond donors (Lipinski definition) is 2. The Morgan fingerprint density at radius 2 is 2.10 bits per heavy atom. The minimum Gasteiger partial charge on any atom is -0.456 e. The van der Waals surface area contributed by atoms with Crippen LogP contribution in [-0.4, -0.2) is 53.5 Å². The maximum atomic E-state index is 9.30. The highest BCUT2D eigenvalue weighted by Gasteiger charge is 2.22. The average molecular weight is 600 g/mol. The van der Waals surface area contributed by atoms with Gasteiger partial charge in [-0.05, 0) is 76.5 Å². The predicted octanol–water partition coefficient (Wildman–Crippen LogP) is 6.00. The zero-order chi connectivity index (χ0) is 29.2. The number of nitrogens with zero attached hydrogens (tertiary/aromatic N) is 4. The monoisotopic (exact) mass is 598 g/mol. The molecule has 0 bridgehead atoms. The molecule has 1 aromatic carbocycles. The van der Waals surface area contributed by atoms with E-state index >= 15 is 0 Å². The fraction of sp³-hybridized carbons (Fsp3) is 0.433. The van der Waals surface area contributed by atoms with Crippen molar-refractivity contribution in [2.24, 2.45) is 10.1 Å². The number of rotatable bonds is 7. The molecule has 0 amide bonds. The molecular weight excluding hydrogens is 563 g/mol. The molecule has 0 saturated carbocycles. The third-order valence-electron chi connectivity index (χ3n) is 6.08. The van der Waals surface area contributed by atoms with Gasteiger partial charge in [0.1, 0.15) is 30.2 Å². The normalized spacial score (nSPS) is 24.9. The van der Waals surface area contributed by atoms with Crippen LogP contribution >= 0.6 is 23.2 Å². The van der Waals surface area contributed by atoms with Crippen LogP contribution in [0.5, 0.6) is 11.5 Å². The number of hydrazone groups is 1. The van der Waals surface area contributed by atoms with Crippen LogP contribution in [0.15, 0.2) is 76.1 Å². The lowest BCUT2D eigenvalue weighted by atomic mass is 10.1. The van der Waals surface area contributed by atoms with Crippen LogP contribution in [0, 0.1) is 11.3 Å². The molecule has 1 saturated heterocycles. The van der Waals surface area contributed by atoms with E-state index in [9.17, 15) is 5.26 Å². The van der Waals surface area contributed by atoms with Crippen molar-refractivity contribution in [3.8, 4) is 17.6 Å². The molecule has 4 rings (SSSR count). The molecule has 11 heteroatoms. The Bertz CT molecular complexity index is 1300. The summed E-state index contributed by atoms with van der Waals surface area (Å²) in [5, 5.41) is 19.6. The van der Waals surface area contributed by atoms with E-state index in [0.29, 0.717) is 47.5 Å². The number of nitrogens with one attached hydrogen (secondary N) is 2. The van der Waals surface area contributed by atoms with Gasteiger partial charge in [0.15, 0.2) is 5.75 Å². The molecule has 0 spiro atoms. The number of allylic oxidation sites excluding steroid dienone is 6. The minimum absolute atomic E-state index is 0.118. The van der Waals surface area contributed by atoms with Gasteiger partial charge in [-0.3, -0.25) is 0 Å². The molecule has 2 aliphatic heterocycles. The molecule has 2 N–H and O–H groups in total. The highest BCUT2D eigenvalue weighted by molar-refractivity contribution is 6.32. The lowest BCUT2D eigenvalue weighted by Crippen LogP contribution is -2.41. The molecule has 2 unspecified atom stereocenters. The zero-order valence-corrected chi connectivity index (χ0v) is 25.1. The summed E-state index contributed by atoms with van der Waals surface area (Å²) < 4.78 is 12.0. The van der Waals surface area contributed by atoms with Crippen molar-refractivity contribution in [1.82, 2.24) is 15.8 Å². The Morgan fingerprint density at radius 3 is 2.85 bits per heavy atom. The first-order valence-electron chi connectivity index (χ1n) is 13.7. The SMILES string of the molecule is CC(C)(C)NC1=N/CN(C2CCCCO2)/N=C(/CNOc2ccc(Cl)c(OC3=CC(Cl)C=CC(C#N)=C3)c2)C/C=C\1. The second-order valence-electron chi connectivity index (χ2n) is 10.8. The second kappa shape index (κ2) is 14.6. The third kappa shape index (κ3) is 9.94. The van der Waals surface area contributed by atoms with E-state index in [2.05, 4.69) is 37.6 Å². The first-order valence-corrected chi connectivity index (χ1v) is 14.5. The van der Waals surface area contributed by atoms with Crippen molar-refractivity contribution in [3.05, 3.63) is 71.0 Å². The molecule has 2 heterocycles. The Kier molecular flexibility index (Phi) is 10.9. The molecule has 9 nitrogen and oxygen atoms in total. The minimum atomic E-state index is -0.418. The van der Waals surface area contributed by atoms with Gasteiger partial charge in [0, 0.05) is 24.6 Å². The van der Waals surface area contributed by atoms with Crippen LogP contribution in [0.4, 0.5) is 0 Å². The first-order chi connectivity index (χ1) is 19.7. The lowest BCUT2D eigenvalue weighted by Gasteiger charge is -2.31. The quantitative estimate of drug-likeness (QED) is 0.293. The number of alkyl halides is 1. The number of ether oxygens (including phenoxy) is 2. The number of hydrogen-bond acceptors (Lipinski definition) is 9. The van der Waals surface area contributed by atoms with E-state index < -0.39 is 5.38 Å². The van der Waals surface area contributed by atoms with Crippen molar-refractivity contribution < 1.29 is 14.3 Å². The molecule has 3 aliphatic rings. The fourth-order valence-electron chi connectivity index (χ4n) is 4.19. The van der Waals surface area contributed by atoms with Crippen molar-refractivity contribution in [3.63, 3.8) is 0 Å². The van der Waals surface area contributed by atoms with Gasteiger partial charge in [-0.15, -0.1) is 11.6 Å². The predicted molar refractivity (Wildman–Crippen MR) is 163 cm³/mol. The Morgan fingerprint density at radius 1 is 1.24 bits per heavy atom. The summed E-state index contributed by atoms with van der Waals surface area (Å²) in [6, 6.07) is 7.19. The van der Waals surface area contributed by atoms with Gasteiger partial charge in [0.2, 0.25) is 0 Å². The number of hydroxylamine groups is 1. The third-order valence-corrected chi connectivity index (χ3v) is 6.67. The number of benzene rings is 1. The molecule has 1 aromatic rings. The maximum absolute atomic E-state index is 9.30. The van der Waals surface area contributed by atoms with E-state index in [1.807, 2.05) is 17.2 Å². The molecular formula is C30H36Cl2N6O3. The number of halogens is 2. The molecule has 2 atom stereocenters. The molecule has 0 aromatic heterocycles. The molecule has 0 radical (unpaired) electrons. The summed E-state index contributed by atoms with van der Waals surface area (Å²) >= 11 is 12.6. The summed E-state index contributed by atoms with van der Waals surface area (Å²) in [6.45, 7) is 7.78. The van der Waals surface area contributed by atoms with Crippen molar-refractivity contribution >= 4 is 34.7 Å². The van der Waals surface area contributed by atoms with Crippen molar-refractivity contribution in [2.45, 2.75) is 63.6 Å². The van der Waals surface area contributed by atoms with E-state index in [4.69, 9.17) is 47.6 Å². The number of amidine groups is 1. The zero-order valence-electron chi connectivity index (χ0n) is 23.6. The number of nitriles is 1. The van der Waals surface area contributed by atoms with E-state index in [1.54, 1.807) is 42.5 Å². The average Bonchev–Trinajstić information content (AvgIpc) is 3.05. The van der Waals surface area contributed by atoms with Crippen LogP contribution in [0.25, 0.3) is 0 Å². The Balaban J connectivity index is 1.43. The molecule has 1 aliphatic carbocycles. The maximum Gasteiger partial charge on any atom is 0.150 e. The van der Waals surface area contributed by atoms with Crippen molar-refractivity contribution in [1.29, 1.82) is 5.26 Å². The van der Waals surface area contributed by atoms with Crippen LogP contribution in [0.2, 0.25) is 5.02 Å². The van der Waals surface area contributed by atoms with Crippen LogP contribution in [0.3, 0.4) is 0 Å². The Labute approximate surface area is 251 Å². The van der Waals surface area contributed by atoms with Crippen LogP contribution < -0.4 is 20.4 Å². The van der Waals surface area contributed by atoms with Gasteiger partial charge in [-0.1, -0.05) is 23.8 Å². The highest BCUT2D eigenvalue weighted by atomic mass is 35.5. The highest BCUT2D eigenvalue weighted by Crippen LogP contribution is 2.31. The number of aliphatic imine (C=N–C) groups is 1. The fourth-order valence-corrected chi connectivity index (χ4v) is 4.55. The summed E-state index contributed by atoms with van der Waals surface area (Å²) in [5.41, 5.74) is 4.19. The Hall–Kier alpha value is -3.29. The summed E-state index contributed by atoms with van der Waals surface area (Å²) in [5.74, 6) is 2.09. The van der Waals surface area contributed by atoms with Gasteiger partial charge in [0.25, 0.3) is 0 Å². The van der Waals surface area contributed by atoms with Crippen LogP contribution in [-0.2, 0) is 4.74 Å². The topological polar surface area (TPSA) is 104 Å². The standard InChI is InChI=1S/C30H36Cl2N6O3/c1-30(2,3)36-28-8-6-7-23(37-38(20-34-28)29-9-4-5-14-39-29)19-35-41-24-12-13-26(32)27(17-24)40-25-15-21(18-33)10-11-22(31)16-25/h6,8,10-13,15-17,22,29,35H,4-5,7,9,14,19-20H2,1-3H3,(H,34,36)/b8-6-,37-23+. The van der Waals surface area contributed by atoms with E-state index in [0.717, 1.165) is 37.4 Å². The second-order valence-corrected chi connectivity index (χ2v) is 11.7. The molecule has 41 heavy (non-hydrogen) atoms. The van der Waals surface area contributed by atoms with E-state index in [1.165, 1.54) is 0 Å². The summed E-state index contributed by atoms with van der Waals surface area (Å²) in [6.07, 6.45) is 14.2. The lowest BCUT2D eigenvalue weighted by molar-refractivity contribution is -0.0843. The summed E-state index contributed by atoms with van der Waals surface area (Å²) in [7, 11) is 0. The van der Waals surface area contributed by atoms with Gasteiger partial charge in [-0.2, -0.15) is 15.8 Å². The van der Waals surface area contributed by atoms with Gasteiger partial charge in [-0.25, -0.2) is 10.0 Å². The van der Waals surface area contributed by atoms with E-state index in [-0.39, 0.29) is 11.8 Å². The largest absolute Gasteiger partial charge is 0.456 e. The van der Waals surface area contributed by atoms with Gasteiger partial charge >= 0.3 is 0 Å². The molecule has 218 valence electrons.